The summed E-state index contributed by atoms with van der Waals surface area (Å²) >= 11 is 6.51. The van der Waals surface area contributed by atoms with Gasteiger partial charge in [0.2, 0.25) is 16.0 Å². The van der Waals surface area contributed by atoms with Gasteiger partial charge < -0.3 is 10.6 Å². The molecule has 6 radical (unpaired) electrons. The zero-order chi connectivity index (χ0) is 27.8. The Bertz CT molecular complexity index is 1510. The van der Waals surface area contributed by atoms with Crippen molar-refractivity contribution in [2.45, 2.75) is 48.8 Å². The molecule has 15 heteroatoms. The molecule has 0 amide bonds. The third-order valence-corrected chi connectivity index (χ3v) is 9.42. The number of nitrogens with zero attached hydrogens (tertiary/aromatic N) is 6. The van der Waals surface area contributed by atoms with Gasteiger partial charge in [0, 0.05) is 37.4 Å². The molecule has 3 heterocycles. The summed E-state index contributed by atoms with van der Waals surface area (Å²) in [5, 5.41) is 18.9. The molecule has 1 aromatic carbocycles. The number of nitrogens with one attached hydrogen (secondary N) is 2. The number of aromatic nitrogens is 4. The van der Waals surface area contributed by atoms with Crippen LogP contribution in [0.25, 0.3) is 16.9 Å². The lowest BCUT2D eigenvalue weighted by Crippen LogP contribution is -2.46. The number of hydrogen-bond acceptors (Lipinski definition) is 8. The predicted octanol–water partition coefficient (Wildman–Crippen LogP) is 1.43. The zero-order valence-electron chi connectivity index (χ0n) is 21.1. The van der Waals surface area contributed by atoms with Gasteiger partial charge >= 0.3 is 0 Å². The van der Waals surface area contributed by atoms with Crippen molar-refractivity contribution in [1.82, 2.24) is 29.4 Å². The Morgan fingerprint density at radius 2 is 1.90 bits per heavy atom. The number of rotatable bonds is 9. The summed E-state index contributed by atoms with van der Waals surface area (Å²) in [6, 6.07) is 7.55. The van der Waals surface area contributed by atoms with Crippen LogP contribution in [0.2, 0.25) is 5.02 Å². The minimum absolute atomic E-state index is 0.0222. The largest absolute Gasteiger partial charge is 0.351 e. The highest BCUT2D eigenvalue weighted by Gasteiger charge is 2.41. The van der Waals surface area contributed by atoms with Crippen LogP contribution in [0, 0.1) is 11.3 Å². The van der Waals surface area contributed by atoms with Crippen molar-refractivity contribution in [1.29, 1.82) is 5.26 Å². The van der Waals surface area contributed by atoms with Gasteiger partial charge in [0.05, 0.1) is 63.1 Å². The first kappa shape index (κ1) is 27.7. The molecule has 1 aliphatic heterocycles. The van der Waals surface area contributed by atoms with E-state index in [1.807, 2.05) is 6.07 Å². The number of anilines is 1. The molecule has 0 spiro atoms. The van der Waals surface area contributed by atoms with Crippen molar-refractivity contribution >= 4 is 51.1 Å². The van der Waals surface area contributed by atoms with Crippen LogP contribution in [-0.2, 0) is 16.6 Å². The average molecular weight is 556 g/mol. The van der Waals surface area contributed by atoms with Crippen molar-refractivity contribution in [2.75, 3.05) is 18.4 Å². The monoisotopic (exact) mass is 556 g/mol. The van der Waals surface area contributed by atoms with E-state index in [4.69, 9.17) is 35.1 Å². The maximum absolute atomic E-state index is 12.5. The first-order valence-corrected chi connectivity index (χ1v) is 14.4. The van der Waals surface area contributed by atoms with Crippen LogP contribution in [0.5, 0.6) is 0 Å². The highest BCUT2D eigenvalue weighted by molar-refractivity contribution is 7.90. The molecular formula is C24H24B3ClN8O2S. The first-order valence-electron chi connectivity index (χ1n) is 12.5. The molecular weight excluding hydrogens is 532 g/mol. The fourth-order valence-electron chi connectivity index (χ4n) is 4.45. The standard InChI is InChI=1S/C24H24B3ClN8O2S/c25-24(26,27)31-11-15-1-4-21(20(28)9-15)36-14-17(13-32-36)22-16(10-29)12-30-23(34-22)33-18-5-7-35(8-6-18)39(37,38)19-2-3-19/h1,4,9,12-14,18-19,31H,2-3,5-8,11H2,(H,30,33,34). The Hall–Kier alpha value is -2.85. The maximum atomic E-state index is 12.5. The fraction of sp³-hybridized carbons (Fsp3) is 0.417. The van der Waals surface area contributed by atoms with Crippen molar-refractivity contribution in [3.8, 4) is 23.0 Å². The predicted molar refractivity (Wildman–Crippen MR) is 151 cm³/mol. The van der Waals surface area contributed by atoms with Crippen LogP contribution in [0.1, 0.15) is 36.8 Å². The molecule has 3 aromatic rings. The van der Waals surface area contributed by atoms with Crippen molar-refractivity contribution in [2.24, 2.45) is 0 Å². The SMILES string of the molecule is [B]C([B])([B])NCc1ccc(-n2cc(-c3nc(NC4CCN(S(=O)(=O)C5CC5)CC4)ncc3C#N)cn2)c(Cl)c1. The van der Waals surface area contributed by atoms with Crippen molar-refractivity contribution in [3.05, 3.63) is 52.9 Å². The van der Waals surface area contributed by atoms with Crippen LogP contribution < -0.4 is 10.6 Å². The number of hydrogen-bond donors (Lipinski definition) is 2. The van der Waals surface area contributed by atoms with E-state index in [0.717, 1.165) is 18.4 Å². The van der Waals surface area contributed by atoms with E-state index in [1.165, 1.54) is 6.20 Å². The van der Waals surface area contributed by atoms with E-state index < -0.39 is 15.3 Å². The Balaban J connectivity index is 1.29. The molecule has 10 nitrogen and oxygen atoms in total. The topological polar surface area (TPSA) is 129 Å². The molecule has 2 N–H and O–H groups in total. The van der Waals surface area contributed by atoms with Crippen LogP contribution >= 0.6 is 11.6 Å². The van der Waals surface area contributed by atoms with Gasteiger partial charge in [-0.3, -0.25) is 0 Å². The molecule has 39 heavy (non-hydrogen) atoms. The minimum Gasteiger partial charge on any atom is -0.351 e. The molecule has 0 atom stereocenters. The lowest BCUT2D eigenvalue weighted by atomic mass is 9.49. The van der Waals surface area contributed by atoms with E-state index in [0.29, 0.717) is 66.0 Å². The number of piperidine rings is 1. The molecule has 1 aliphatic carbocycles. The lowest BCUT2D eigenvalue weighted by Gasteiger charge is -2.31. The quantitative estimate of drug-likeness (QED) is 0.379. The average Bonchev–Trinajstić information content (AvgIpc) is 3.66. The Morgan fingerprint density at radius 1 is 1.15 bits per heavy atom. The summed E-state index contributed by atoms with van der Waals surface area (Å²) in [6.45, 7) is 1.26. The van der Waals surface area contributed by atoms with Crippen molar-refractivity contribution in [3.63, 3.8) is 0 Å². The molecule has 194 valence electrons. The fourth-order valence-corrected chi connectivity index (χ4v) is 6.61. The van der Waals surface area contributed by atoms with Crippen LogP contribution in [0.3, 0.4) is 0 Å². The second-order valence-electron chi connectivity index (χ2n) is 9.88. The molecule has 5 rings (SSSR count). The Labute approximate surface area is 236 Å². The summed E-state index contributed by atoms with van der Waals surface area (Å²) in [5.41, 5.74) is 2.80. The Morgan fingerprint density at radius 3 is 2.54 bits per heavy atom. The smallest absolute Gasteiger partial charge is 0.223 e. The van der Waals surface area contributed by atoms with Gasteiger partial charge in [-0.2, -0.15) is 10.4 Å². The van der Waals surface area contributed by atoms with Gasteiger partial charge in [-0.05, 0) is 43.4 Å². The zero-order valence-corrected chi connectivity index (χ0v) is 22.7. The van der Waals surface area contributed by atoms with Gasteiger partial charge in [-0.1, -0.05) is 22.9 Å². The molecule has 0 bridgehead atoms. The minimum atomic E-state index is -3.17. The van der Waals surface area contributed by atoms with Gasteiger partial charge in [0.15, 0.2) is 0 Å². The number of halogens is 1. The summed E-state index contributed by atoms with van der Waals surface area (Å²) < 4.78 is 28.2. The lowest BCUT2D eigenvalue weighted by molar-refractivity contribution is 0.328. The van der Waals surface area contributed by atoms with E-state index in [-0.39, 0.29) is 11.3 Å². The van der Waals surface area contributed by atoms with Gasteiger partial charge in [0.1, 0.15) is 6.07 Å². The van der Waals surface area contributed by atoms with Crippen LogP contribution in [0.4, 0.5) is 5.95 Å². The third-order valence-electron chi connectivity index (χ3n) is 6.72. The first-order chi connectivity index (χ1) is 18.5. The summed E-state index contributed by atoms with van der Waals surface area (Å²) in [4.78, 5) is 8.90. The highest BCUT2D eigenvalue weighted by atomic mass is 35.5. The van der Waals surface area contributed by atoms with Crippen LogP contribution in [-0.4, -0.2) is 85.6 Å². The highest BCUT2D eigenvalue weighted by Crippen LogP contribution is 2.33. The summed E-state index contributed by atoms with van der Waals surface area (Å²) in [7, 11) is 13.5. The maximum Gasteiger partial charge on any atom is 0.223 e. The van der Waals surface area contributed by atoms with E-state index >= 15 is 0 Å². The molecule has 1 saturated heterocycles. The van der Waals surface area contributed by atoms with Crippen LogP contribution in [0.15, 0.2) is 36.8 Å². The summed E-state index contributed by atoms with van der Waals surface area (Å²) in [5.74, 6) is 0.367. The molecule has 1 saturated carbocycles. The van der Waals surface area contributed by atoms with Gasteiger partial charge in [-0.25, -0.2) is 27.4 Å². The van der Waals surface area contributed by atoms with Crippen molar-refractivity contribution < 1.29 is 8.42 Å². The summed E-state index contributed by atoms with van der Waals surface area (Å²) in [6.07, 6.45) is 7.62. The molecule has 2 fully saturated rings. The molecule has 2 aliphatic rings. The number of nitriles is 1. The second kappa shape index (κ2) is 11.0. The van der Waals surface area contributed by atoms with Gasteiger partial charge in [-0.15, -0.1) is 0 Å². The Kier molecular flexibility index (Phi) is 7.79. The second-order valence-corrected chi connectivity index (χ2v) is 12.5. The van der Waals surface area contributed by atoms with E-state index in [2.05, 4.69) is 31.8 Å². The van der Waals surface area contributed by atoms with Gasteiger partial charge in [0.25, 0.3) is 0 Å². The van der Waals surface area contributed by atoms with E-state index in [9.17, 15) is 13.7 Å². The third kappa shape index (κ3) is 6.49. The number of sulfonamides is 1. The molecule has 0 unspecified atom stereocenters. The normalized spacial score (nSPS) is 17.1. The van der Waals surface area contributed by atoms with E-state index in [1.54, 1.807) is 33.5 Å². The molecule has 2 aromatic heterocycles. The number of benzene rings is 1.